The fourth-order valence-electron chi connectivity index (χ4n) is 2.03. The molecule has 0 radical (unpaired) electrons. The predicted molar refractivity (Wildman–Crippen MR) is 82.8 cm³/mol. The molecule has 0 atom stereocenters. The summed E-state index contributed by atoms with van der Waals surface area (Å²) in [7, 11) is 0. The lowest BCUT2D eigenvalue weighted by atomic mass is 10.2. The van der Waals surface area contributed by atoms with Gasteiger partial charge in [-0.15, -0.1) is 0 Å². The summed E-state index contributed by atoms with van der Waals surface area (Å²) in [5, 5.41) is 6.22. The predicted octanol–water partition coefficient (Wildman–Crippen LogP) is 3.47. The van der Waals surface area contributed by atoms with Gasteiger partial charge < -0.3 is 15.2 Å². The van der Waals surface area contributed by atoms with Gasteiger partial charge in [-0.05, 0) is 43.3 Å². The molecule has 2 rings (SSSR count). The molecule has 0 aliphatic rings. The van der Waals surface area contributed by atoms with Crippen LogP contribution in [0.25, 0.3) is 0 Å². The highest BCUT2D eigenvalue weighted by molar-refractivity contribution is 5.90. The highest BCUT2D eigenvalue weighted by Gasteiger charge is 2.01. The Morgan fingerprint density at radius 1 is 1.10 bits per heavy atom. The number of amides is 1. The molecule has 0 aliphatic carbocycles. The minimum atomic E-state index is 0.0338. The number of nitrogens with one attached hydrogen (secondary N) is 2. The van der Waals surface area contributed by atoms with Gasteiger partial charge in [0, 0.05) is 36.2 Å². The lowest BCUT2D eigenvalue weighted by Crippen LogP contribution is -2.09. The normalized spacial score (nSPS) is 10.3. The van der Waals surface area contributed by atoms with E-state index in [2.05, 4.69) is 40.5 Å². The summed E-state index contributed by atoms with van der Waals surface area (Å²) in [6, 6.07) is 12.0. The summed E-state index contributed by atoms with van der Waals surface area (Å²) >= 11 is 0. The van der Waals surface area contributed by atoms with Crippen LogP contribution in [-0.2, 0) is 17.9 Å². The third-order valence-corrected chi connectivity index (χ3v) is 3.23. The molecule has 1 aromatic carbocycles. The van der Waals surface area contributed by atoms with Crippen LogP contribution in [0.1, 0.15) is 26.0 Å². The van der Waals surface area contributed by atoms with Gasteiger partial charge >= 0.3 is 0 Å². The van der Waals surface area contributed by atoms with Crippen LogP contribution >= 0.6 is 0 Å². The van der Waals surface area contributed by atoms with E-state index in [1.807, 2.05) is 31.2 Å². The van der Waals surface area contributed by atoms with Gasteiger partial charge in [0.2, 0.25) is 5.91 Å². The smallest absolute Gasteiger partial charge is 0.224 e. The summed E-state index contributed by atoms with van der Waals surface area (Å²) in [6.45, 7) is 5.75. The van der Waals surface area contributed by atoms with Crippen molar-refractivity contribution >= 4 is 17.3 Å². The van der Waals surface area contributed by atoms with E-state index in [1.54, 1.807) is 0 Å². The van der Waals surface area contributed by atoms with Crippen molar-refractivity contribution in [2.75, 3.05) is 10.6 Å². The number of nitrogens with zero attached hydrogens (tertiary/aromatic N) is 1. The maximum atomic E-state index is 11.3. The third kappa shape index (κ3) is 3.63. The molecule has 1 heterocycles. The molecule has 0 saturated carbocycles. The second kappa shape index (κ2) is 6.80. The molecule has 20 heavy (non-hydrogen) atoms. The SMILES string of the molecule is CCC(=O)Nc1ccc(NCc2cccn2CC)cc1. The summed E-state index contributed by atoms with van der Waals surface area (Å²) in [4.78, 5) is 11.3. The van der Waals surface area contributed by atoms with E-state index in [1.165, 1.54) is 5.69 Å². The molecule has 2 N–H and O–H groups in total. The number of hydrogen-bond acceptors (Lipinski definition) is 2. The highest BCUT2D eigenvalue weighted by atomic mass is 16.1. The third-order valence-electron chi connectivity index (χ3n) is 3.23. The number of rotatable bonds is 6. The maximum absolute atomic E-state index is 11.3. The molecule has 0 unspecified atom stereocenters. The van der Waals surface area contributed by atoms with Gasteiger partial charge in [0.25, 0.3) is 0 Å². The Morgan fingerprint density at radius 3 is 2.45 bits per heavy atom. The van der Waals surface area contributed by atoms with Gasteiger partial charge in [-0.3, -0.25) is 4.79 Å². The summed E-state index contributed by atoms with van der Waals surface area (Å²) < 4.78 is 2.21. The molecule has 1 amide bonds. The van der Waals surface area contributed by atoms with Crippen molar-refractivity contribution in [3.8, 4) is 0 Å². The first-order valence-corrected chi connectivity index (χ1v) is 7.00. The lowest BCUT2D eigenvalue weighted by Gasteiger charge is -2.10. The molecule has 4 heteroatoms. The van der Waals surface area contributed by atoms with Crippen LogP contribution < -0.4 is 10.6 Å². The molecule has 106 valence electrons. The van der Waals surface area contributed by atoms with Gasteiger partial charge in [-0.25, -0.2) is 0 Å². The van der Waals surface area contributed by atoms with Crippen LogP contribution in [0.4, 0.5) is 11.4 Å². The lowest BCUT2D eigenvalue weighted by molar-refractivity contribution is -0.115. The monoisotopic (exact) mass is 271 g/mol. The first-order chi connectivity index (χ1) is 9.72. The van der Waals surface area contributed by atoms with Crippen LogP contribution in [0.3, 0.4) is 0 Å². The van der Waals surface area contributed by atoms with Crippen molar-refractivity contribution in [3.63, 3.8) is 0 Å². The van der Waals surface area contributed by atoms with Crippen LogP contribution in [0.2, 0.25) is 0 Å². The Hall–Kier alpha value is -2.23. The van der Waals surface area contributed by atoms with Crippen molar-refractivity contribution in [1.82, 2.24) is 4.57 Å². The van der Waals surface area contributed by atoms with Gasteiger partial charge in [-0.1, -0.05) is 6.92 Å². The van der Waals surface area contributed by atoms with Gasteiger partial charge in [0.05, 0.1) is 6.54 Å². The molecule has 0 fully saturated rings. The molecular weight excluding hydrogens is 250 g/mol. The summed E-state index contributed by atoms with van der Waals surface area (Å²) in [5.41, 5.74) is 3.14. The Labute approximate surface area is 119 Å². The highest BCUT2D eigenvalue weighted by Crippen LogP contribution is 2.15. The zero-order valence-corrected chi connectivity index (χ0v) is 12.0. The number of anilines is 2. The molecule has 1 aromatic heterocycles. The number of aromatic nitrogens is 1. The van der Waals surface area contributed by atoms with Gasteiger partial charge in [0.15, 0.2) is 0 Å². The number of aryl methyl sites for hydroxylation is 1. The van der Waals surface area contributed by atoms with E-state index in [4.69, 9.17) is 0 Å². The van der Waals surface area contributed by atoms with E-state index >= 15 is 0 Å². The first-order valence-electron chi connectivity index (χ1n) is 7.00. The maximum Gasteiger partial charge on any atom is 0.224 e. The number of carbonyl (C=O) groups is 1. The second-order valence-electron chi connectivity index (χ2n) is 4.62. The van der Waals surface area contributed by atoms with E-state index in [0.29, 0.717) is 6.42 Å². The first kappa shape index (κ1) is 14.2. The van der Waals surface area contributed by atoms with Gasteiger partial charge in [0.1, 0.15) is 0 Å². The van der Waals surface area contributed by atoms with E-state index in [9.17, 15) is 4.79 Å². The zero-order valence-electron chi connectivity index (χ0n) is 12.0. The Morgan fingerprint density at radius 2 is 1.80 bits per heavy atom. The average molecular weight is 271 g/mol. The van der Waals surface area contributed by atoms with Crippen LogP contribution in [0.15, 0.2) is 42.6 Å². The molecule has 0 spiro atoms. The zero-order chi connectivity index (χ0) is 14.4. The largest absolute Gasteiger partial charge is 0.379 e. The summed E-state index contributed by atoms with van der Waals surface area (Å²) in [5.74, 6) is 0.0338. The minimum absolute atomic E-state index is 0.0338. The van der Waals surface area contributed by atoms with Crippen LogP contribution in [0.5, 0.6) is 0 Å². The van der Waals surface area contributed by atoms with Crippen LogP contribution in [0, 0.1) is 0 Å². The van der Waals surface area contributed by atoms with E-state index < -0.39 is 0 Å². The molecule has 0 saturated heterocycles. The number of hydrogen-bond donors (Lipinski definition) is 2. The number of benzene rings is 1. The molecule has 0 bridgehead atoms. The van der Waals surface area contributed by atoms with Crippen molar-refractivity contribution in [1.29, 1.82) is 0 Å². The quantitative estimate of drug-likeness (QED) is 0.845. The fraction of sp³-hybridized carbons (Fsp3) is 0.312. The standard InChI is InChI=1S/C16H21N3O/c1-3-16(20)18-14-9-7-13(8-10-14)17-12-15-6-5-11-19(15)4-2/h5-11,17H,3-4,12H2,1-2H3,(H,18,20). The van der Waals surface area contributed by atoms with Crippen molar-refractivity contribution in [2.24, 2.45) is 0 Å². The van der Waals surface area contributed by atoms with E-state index in [-0.39, 0.29) is 5.91 Å². The molecule has 4 nitrogen and oxygen atoms in total. The topological polar surface area (TPSA) is 46.1 Å². The Kier molecular flexibility index (Phi) is 4.82. The Balaban J connectivity index is 1.92. The average Bonchev–Trinajstić information content (AvgIpc) is 2.94. The summed E-state index contributed by atoms with van der Waals surface area (Å²) in [6.07, 6.45) is 2.58. The van der Waals surface area contributed by atoms with Crippen molar-refractivity contribution in [3.05, 3.63) is 48.3 Å². The molecule has 2 aromatic rings. The Bertz CT molecular complexity index is 557. The van der Waals surface area contributed by atoms with Gasteiger partial charge in [-0.2, -0.15) is 0 Å². The molecular formula is C16H21N3O. The fourth-order valence-corrected chi connectivity index (χ4v) is 2.03. The van der Waals surface area contributed by atoms with E-state index in [0.717, 1.165) is 24.5 Å². The van der Waals surface area contributed by atoms with Crippen molar-refractivity contribution in [2.45, 2.75) is 33.4 Å². The number of carbonyl (C=O) groups excluding carboxylic acids is 1. The van der Waals surface area contributed by atoms with Crippen LogP contribution in [-0.4, -0.2) is 10.5 Å². The molecule has 0 aliphatic heterocycles. The van der Waals surface area contributed by atoms with Crippen molar-refractivity contribution < 1.29 is 4.79 Å². The second-order valence-corrected chi connectivity index (χ2v) is 4.62. The minimum Gasteiger partial charge on any atom is -0.379 e.